The van der Waals surface area contributed by atoms with Gasteiger partial charge in [-0.1, -0.05) is 23.8 Å². The number of carbonyl (C=O) groups is 2. The van der Waals surface area contributed by atoms with E-state index in [0.717, 1.165) is 4.68 Å². The Morgan fingerprint density at radius 1 is 1.30 bits per heavy atom. The van der Waals surface area contributed by atoms with Gasteiger partial charge < -0.3 is 10.2 Å². The SMILES string of the molecule is C=CCN(CC=C)C(=O)C(C)NC(=O)C(C)n1nc(C(F)(F)F)c(Cl)c1C. The van der Waals surface area contributed by atoms with Crippen LogP contribution in [0.4, 0.5) is 13.2 Å². The van der Waals surface area contributed by atoms with Gasteiger partial charge in [-0.2, -0.15) is 18.3 Å². The summed E-state index contributed by atoms with van der Waals surface area (Å²) < 4.78 is 39.7. The molecule has 0 aliphatic heterocycles. The zero-order valence-corrected chi connectivity index (χ0v) is 16.1. The number of hydrogen-bond acceptors (Lipinski definition) is 3. The van der Waals surface area contributed by atoms with Crippen LogP contribution >= 0.6 is 11.6 Å². The Morgan fingerprint density at radius 2 is 1.81 bits per heavy atom. The lowest BCUT2D eigenvalue weighted by Gasteiger charge is -2.25. The monoisotopic (exact) mass is 406 g/mol. The highest BCUT2D eigenvalue weighted by atomic mass is 35.5. The summed E-state index contributed by atoms with van der Waals surface area (Å²) in [4.78, 5) is 26.2. The predicted molar refractivity (Wildman–Crippen MR) is 96.3 cm³/mol. The van der Waals surface area contributed by atoms with Crippen molar-refractivity contribution in [1.82, 2.24) is 20.0 Å². The molecule has 10 heteroatoms. The molecule has 0 aliphatic rings. The third kappa shape index (κ3) is 5.35. The van der Waals surface area contributed by atoms with Crippen LogP contribution in [-0.4, -0.2) is 45.6 Å². The molecular weight excluding hydrogens is 385 g/mol. The van der Waals surface area contributed by atoms with E-state index in [0.29, 0.717) is 0 Å². The van der Waals surface area contributed by atoms with Gasteiger partial charge in [0.05, 0.1) is 10.7 Å². The molecule has 0 fully saturated rings. The summed E-state index contributed by atoms with van der Waals surface area (Å²) in [6.07, 6.45) is -1.67. The molecule has 0 radical (unpaired) electrons. The Morgan fingerprint density at radius 3 is 2.22 bits per heavy atom. The van der Waals surface area contributed by atoms with Gasteiger partial charge in [-0.3, -0.25) is 14.3 Å². The minimum absolute atomic E-state index is 0.00515. The van der Waals surface area contributed by atoms with Gasteiger partial charge >= 0.3 is 6.18 Å². The minimum Gasteiger partial charge on any atom is -0.343 e. The molecule has 6 nitrogen and oxygen atoms in total. The number of aromatic nitrogens is 2. The van der Waals surface area contributed by atoms with Gasteiger partial charge in [-0.05, 0) is 20.8 Å². The second kappa shape index (κ2) is 9.07. The summed E-state index contributed by atoms with van der Waals surface area (Å²) in [6.45, 7) is 11.8. The lowest BCUT2D eigenvalue weighted by atomic mass is 10.2. The molecule has 0 saturated carbocycles. The predicted octanol–water partition coefficient (Wildman–Crippen LogP) is 3.13. The van der Waals surface area contributed by atoms with Crippen molar-refractivity contribution in [3.05, 3.63) is 41.7 Å². The average Bonchev–Trinajstić information content (AvgIpc) is 2.88. The molecule has 1 aromatic rings. The fourth-order valence-electron chi connectivity index (χ4n) is 2.40. The third-order valence-electron chi connectivity index (χ3n) is 3.83. The molecule has 1 N–H and O–H groups in total. The standard InChI is InChI=1S/C17H22ClF3N4O2/c1-6-8-24(9-7-2)16(27)10(3)22-15(26)12(5)25-11(4)13(18)14(23-25)17(19,20)21/h6-7,10,12H,1-2,8-9H2,3-5H3,(H,22,26). The van der Waals surface area contributed by atoms with Crippen LogP contribution in [0.25, 0.3) is 0 Å². The highest BCUT2D eigenvalue weighted by Crippen LogP contribution is 2.36. The van der Waals surface area contributed by atoms with Crippen LogP contribution in [0.1, 0.15) is 31.3 Å². The molecule has 1 heterocycles. The normalized spacial score (nSPS) is 13.6. The van der Waals surface area contributed by atoms with Crippen molar-refractivity contribution in [2.45, 2.75) is 39.0 Å². The van der Waals surface area contributed by atoms with E-state index < -0.39 is 34.9 Å². The van der Waals surface area contributed by atoms with E-state index in [2.05, 4.69) is 23.6 Å². The first-order chi connectivity index (χ1) is 12.4. The number of nitrogens with zero attached hydrogens (tertiary/aromatic N) is 3. The second-order valence-electron chi connectivity index (χ2n) is 5.92. The molecule has 0 spiro atoms. The topological polar surface area (TPSA) is 67.2 Å². The Bertz CT molecular complexity index is 720. The summed E-state index contributed by atoms with van der Waals surface area (Å²) in [5, 5.41) is 5.35. The first-order valence-electron chi connectivity index (χ1n) is 8.08. The zero-order chi connectivity index (χ0) is 20.9. The summed E-state index contributed by atoms with van der Waals surface area (Å²) >= 11 is 5.70. The smallest absolute Gasteiger partial charge is 0.343 e. The maximum atomic E-state index is 12.9. The van der Waals surface area contributed by atoms with Gasteiger partial charge in [-0.25, -0.2) is 0 Å². The van der Waals surface area contributed by atoms with Gasteiger partial charge in [0.1, 0.15) is 12.1 Å². The first kappa shape index (κ1) is 22.8. The molecule has 1 aromatic heterocycles. The number of carbonyl (C=O) groups excluding carboxylic acids is 2. The van der Waals surface area contributed by atoms with Gasteiger partial charge in [0.2, 0.25) is 11.8 Å². The zero-order valence-electron chi connectivity index (χ0n) is 15.3. The molecule has 0 saturated heterocycles. The number of rotatable bonds is 8. The van der Waals surface area contributed by atoms with Crippen molar-refractivity contribution in [3.8, 4) is 0 Å². The molecule has 2 amide bonds. The largest absolute Gasteiger partial charge is 0.436 e. The van der Waals surface area contributed by atoms with Gasteiger partial charge in [0, 0.05) is 13.1 Å². The maximum Gasteiger partial charge on any atom is 0.436 e. The highest BCUT2D eigenvalue weighted by molar-refractivity contribution is 6.32. The fraction of sp³-hybridized carbons (Fsp3) is 0.471. The van der Waals surface area contributed by atoms with E-state index in [1.54, 1.807) is 0 Å². The molecule has 0 bridgehead atoms. The molecular formula is C17H22ClF3N4O2. The van der Waals surface area contributed by atoms with E-state index in [4.69, 9.17) is 11.6 Å². The van der Waals surface area contributed by atoms with E-state index >= 15 is 0 Å². The Labute approximate surface area is 160 Å². The summed E-state index contributed by atoms with van der Waals surface area (Å²) in [5.74, 6) is -1.04. The molecule has 2 unspecified atom stereocenters. The Hall–Kier alpha value is -2.29. The van der Waals surface area contributed by atoms with E-state index in [-0.39, 0.29) is 24.7 Å². The summed E-state index contributed by atoms with van der Waals surface area (Å²) in [6, 6.07) is -1.99. The van der Waals surface area contributed by atoms with Crippen molar-refractivity contribution in [3.63, 3.8) is 0 Å². The van der Waals surface area contributed by atoms with Crippen molar-refractivity contribution < 1.29 is 22.8 Å². The number of alkyl halides is 3. The first-order valence-corrected chi connectivity index (χ1v) is 8.46. The van der Waals surface area contributed by atoms with Gasteiger partial charge in [0.25, 0.3) is 0 Å². The average molecular weight is 407 g/mol. The number of amides is 2. The van der Waals surface area contributed by atoms with Crippen LogP contribution in [0.3, 0.4) is 0 Å². The van der Waals surface area contributed by atoms with E-state index in [1.165, 1.54) is 37.8 Å². The molecule has 0 aromatic carbocycles. The minimum atomic E-state index is -4.73. The molecule has 2 atom stereocenters. The van der Waals surface area contributed by atoms with Crippen LogP contribution in [-0.2, 0) is 15.8 Å². The second-order valence-corrected chi connectivity index (χ2v) is 6.30. The van der Waals surface area contributed by atoms with Crippen LogP contribution in [0, 0.1) is 6.92 Å². The number of halogens is 4. The third-order valence-corrected chi connectivity index (χ3v) is 4.28. The lowest BCUT2D eigenvalue weighted by molar-refractivity contribution is -0.142. The van der Waals surface area contributed by atoms with Gasteiger partial charge in [0.15, 0.2) is 5.69 Å². The van der Waals surface area contributed by atoms with Crippen LogP contribution in [0.15, 0.2) is 25.3 Å². The molecule has 1 rings (SSSR count). The Balaban J connectivity index is 2.95. The maximum absolute atomic E-state index is 12.9. The van der Waals surface area contributed by atoms with E-state index in [9.17, 15) is 22.8 Å². The summed E-state index contributed by atoms with van der Waals surface area (Å²) in [7, 11) is 0. The van der Waals surface area contributed by atoms with Crippen molar-refractivity contribution >= 4 is 23.4 Å². The van der Waals surface area contributed by atoms with Crippen molar-refractivity contribution in [2.24, 2.45) is 0 Å². The molecule has 150 valence electrons. The number of hydrogen-bond donors (Lipinski definition) is 1. The highest BCUT2D eigenvalue weighted by Gasteiger charge is 2.39. The van der Waals surface area contributed by atoms with Gasteiger partial charge in [-0.15, -0.1) is 13.2 Å². The molecule has 27 heavy (non-hydrogen) atoms. The van der Waals surface area contributed by atoms with Crippen molar-refractivity contribution in [1.29, 1.82) is 0 Å². The number of nitrogens with one attached hydrogen (secondary N) is 1. The van der Waals surface area contributed by atoms with Crippen LogP contribution < -0.4 is 5.32 Å². The van der Waals surface area contributed by atoms with Crippen LogP contribution in [0.2, 0.25) is 5.02 Å². The lowest BCUT2D eigenvalue weighted by Crippen LogP contribution is -2.48. The van der Waals surface area contributed by atoms with Crippen LogP contribution in [0.5, 0.6) is 0 Å². The Kier molecular flexibility index (Phi) is 7.65. The summed E-state index contributed by atoms with van der Waals surface area (Å²) in [5.41, 5.74) is -1.25. The quantitative estimate of drug-likeness (QED) is 0.674. The fourth-order valence-corrected chi connectivity index (χ4v) is 2.64. The molecule has 0 aliphatic carbocycles. The van der Waals surface area contributed by atoms with E-state index in [1.807, 2.05) is 0 Å². The van der Waals surface area contributed by atoms with Crippen molar-refractivity contribution in [2.75, 3.05) is 13.1 Å².